The summed E-state index contributed by atoms with van der Waals surface area (Å²) in [5, 5.41) is 3.31. The zero-order valence-corrected chi connectivity index (χ0v) is 30.3. The molecule has 0 atom stereocenters. The summed E-state index contributed by atoms with van der Waals surface area (Å²) in [4.78, 5) is 26.0. The fourth-order valence-corrected chi connectivity index (χ4v) is 9.64. The Morgan fingerprint density at radius 1 is 0.389 bits per heavy atom. The summed E-state index contributed by atoms with van der Waals surface area (Å²) >= 11 is 3.40. The summed E-state index contributed by atoms with van der Waals surface area (Å²) in [5.74, 6) is 0.703. The second-order valence-electron chi connectivity index (χ2n) is 13.3. The average Bonchev–Trinajstić information content (AvgIpc) is 3.81. The van der Waals surface area contributed by atoms with Crippen molar-refractivity contribution in [1.82, 2.24) is 24.9 Å². The van der Waals surface area contributed by atoms with E-state index in [0.29, 0.717) is 5.82 Å². The summed E-state index contributed by atoms with van der Waals surface area (Å²) in [6, 6.07) is 55.2. The highest BCUT2D eigenvalue weighted by Gasteiger charge is 2.18. The first-order valence-electron chi connectivity index (χ1n) is 17.7. The monoisotopic (exact) mass is 725 g/mol. The minimum Gasteiger partial charge on any atom is -0.237 e. The maximum absolute atomic E-state index is 5.29. The predicted octanol–water partition coefficient (Wildman–Crippen LogP) is 12.9. The van der Waals surface area contributed by atoms with Crippen LogP contribution in [0, 0.1) is 0 Å². The van der Waals surface area contributed by atoms with Crippen molar-refractivity contribution in [3.05, 3.63) is 164 Å². The average molecular weight is 726 g/mol. The SMILES string of the molecule is c1ccc(-c2ccc(-c3nc(-c4cccc(-c5cccc(-c6ncnc7c6sc6nc8ccccc8cc67)c5)c4)nc4c3sc3ccccc34)cc2)cc1. The number of hydrogen-bond donors (Lipinski definition) is 0. The molecule has 54 heavy (non-hydrogen) atoms. The smallest absolute Gasteiger partial charge is 0.160 e. The standard InChI is InChI=1S/C47H27N5S2/c1-2-10-28(11-3-1)29-20-22-30(23-21-29)41-45-43(36-17-5-7-19-39(36)53-45)52-46(51-41)35-16-9-14-32(25-35)31-13-8-15-34(24-31)40-44-42(49-27-48-40)37-26-33-12-4-6-18-38(33)50-47(37)54-44/h1-27H. The molecular weight excluding hydrogens is 699 g/mol. The fourth-order valence-electron chi connectivity index (χ4n) is 7.36. The normalized spacial score (nSPS) is 11.7. The lowest BCUT2D eigenvalue weighted by Crippen LogP contribution is -1.94. The van der Waals surface area contributed by atoms with Gasteiger partial charge in [0.1, 0.15) is 11.2 Å². The third-order valence-corrected chi connectivity index (χ3v) is 12.3. The molecule has 0 aliphatic heterocycles. The first-order chi connectivity index (χ1) is 26.7. The molecule has 252 valence electrons. The van der Waals surface area contributed by atoms with E-state index < -0.39 is 0 Å². The highest BCUT2D eigenvalue weighted by atomic mass is 32.1. The summed E-state index contributed by atoms with van der Waals surface area (Å²) in [6.45, 7) is 0. The van der Waals surface area contributed by atoms with Gasteiger partial charge in [0.05, 0.1) is 37.3 Å². The van der Waals surface area contributed by atoms with E-state index in [1.165, 1.54) is 15.8 Å². The zero-order chi connectivity index (χ0) is 35.6. The van der Waals surface area contributed by atoms with Gasteiger partial charge < -0.3 is 0 Å². The fraction of sp³-hybridized carbons (Fsp3) is 0. The van der Waals surface area contributed by atoms with Gasteiger partial charge in [-0.3, -0.25) is 0 Å². The van der Waals surface area contributed by atoms with Gasteiger partial charge in [-0.25, -0.2) is 24.9 Å². The minimum atomic E-state index is 0.703. The number of hydrogen-bond acceptors (Lipinski definition) is 7. The Morgan fingerprint density at radius 3 is 1.93 bits per heavy atom. The Labute approximate surface area is 318 Å². The highest BCUT2D eigenvalue weighted by Crippen LogP contribution is 2.41. The van der Waals surface area contributed by atoms with Crippen LogP contribution in [0.4, 0.5) is 0 Å². The third-order valence-electron chi connectivity index (χ3n) is 10.0. The van der Waals surface area contributed by atoms with Crippen LogP contribution >= 0.6 is 22.7 Å². The molecule has 5 heterocycles. The van der Waals surface area contributed by atoms with Crippen LogP contribution in [-0.2, 0) is 0 Å². The van der Waals surface area contributed by atoms with Gasteiger partial charge in [0.15, 0.2) is 5.82 Å². The van der Waals surface area contributed by atoms with E-state index in [9.17, 15) is 0 Å². The number of fused-ring (bicyclic) bond motifs is 7. The lowest BCUT2D eigenvalue weighted by molar-refractivity contribution is 1.23. The van der Waals surface area contributed by atoms with Crippen molar-refractivity contribution in [2.45, 2.75) is 0 Å². The van der Waals surface area contributed by atoms with Crippen LogP contribution in [0.15, 0.2) is 164 Å². The number of nitrogens with zero attached hydrogens (tertiary/aromatic N) is 5. The molecule has 0 aliphatic carbocycles. The maximum atomic E-state index is 5.29. The van der Waals surface area contributed by atoms with Gasteiger partial charge in [-0.05, 0) is 52.6 Å². The number of pyridine rings is 1. The van der Waals surface area contributed by atoms with Crippen molar-refractivity contribution in [3.8, 4) is 56.2 Å². The number of rotatable bonds is 5. The molecule has 7 heteroatoms. The largest absolute Gasteiger partial charge is 0.237 e. The molecule has 0 N–H and O–H groups in total. The maximum Gasteiger partial charge on any atom is 0.160 e. The summed E-state index contributed by atoms with van der Waals surface area (Å²) < 4.78 is 3.33. The molecule has 0 saturated heterocycles. The lowest BCUT2D eigenvalue weighted by atomic mass is 9.99. The van der Waals surface area contributed by atoms with E-state index in [0.717, 1.165) is 86.1 Å². The van der Waals surface area contributed by atoms with Gasteiger partial charge in [-0.15, -0.1) is 22.7 Å². The van der Waals surface area contributed by atoms with Gasteiger partial charge in [0.25, 0.3) is 0 Å². The highest BCUT2D eigenvalue weighted by molar-refractivity contribution is 7.26. The van der Waals surface area contributed by atoms with E-state index in [4.69, 9.17) is 24.9 Å². The van der Waals surface area contributed by atoms with Crippen LogP contribution in [0.2, 0.25) is 0 Å². The molecule has 0 saturated carbocycles. The second-order valence-corrected chi connectivity index (χ2v) is 15.4. The van der Waals surface area contributed by atoms with Gasteiger partial charge in [0, 0.05) is 37.5 Å². The van der Waals surface area contributed by atoms with Gasteiger partial charge >= 0.3 is 0 Å². The van der Waals surface area contributed by atoms with Gasteiger partial charge in [-0.2, -0.15) is 0 Å². The van der Waals surface area contributed by atoms with Gasteiger partial charge in [-0.1, -0.05) is 127 Å². The first-order valence-corrected chi connectivity index (χ1v) is 19.4. The molecule has 0 bridgehead atoms. The van der Waals surface area contributed by atoms with Crippen LogP contribution in [0.25, 0.3) is 108 Å². The number of benzene rings is 6. The Hall–Kier alpha value is -6.67. The van der Waals surface area contributed by atoms with Crippen molar-refractivity contribution in [2.24, 2.45) is 0 Å². The van der Waals surface area contributed by atoms with Crippen molar-refractivity contribution >= 4 is 74.3 Å². The van der Waals surface area contributed by atoms with E-state index in [1.807, 2.05) is 18.2 Å². The molecule has 6 aromatic carbocycles. The molecule has 11 rings (SSSR count). The summed E-state index contributed by atoms with van der Waals surface area (Å²) in [6.07, 6.45) is 1.67. The lowest BCUT2D eigenvalue weighted by Gasteiger charge is -2.10. The quantitative estimate of drug-likeness (QED) is 0.177. The molecule has 0 radical (unpaired) electrons. The van der Waals surface area contributed by atoms with Crippen molar-refractivity contribution in [1.29, 1.82) is 0 Å². The van der Waals surface area contributed by atoms with Crippen molar-refractivity contribution < 1.29 is 0 Å². The van der Waals surface area contributed by atoms with E-state index in [-0.39, 0.29) is 0 Å². The number of para-hydroxylation sites is 1. The van der Waals surface area contributed by atoms with Crippen LogP contribution in [-0.4, -0.2) is 24.9 Å². The third kappa shape index (κ3) is 5.16. The number of thiophene rings is 2. The van der Waals surface area contributed by atoms with Crippen molar-refractivity contribution in [2.75, 3.05) is 0 Å². The number of aromatic nitrogens is 5. The Balaban J connectivity index is 1.01. The predicted molar refractivity (Wildman–Crippen MR) is 226 cm³/mol. The molecule has 0 amide bonds. The van der Waals surface area contributed by atoms with Crippen LogP contribution < -0.4 is 0 Å². The topological polar surface area (TPSA) is 64.5 Å². The van der Waals surface area contributed by atoms with Crippen molar-refractivity contribution in [3.63, 3.8) is 0 Å². The summed E-state index contributed by atoms with van der Waals surface area (Å²) in [7, 11) is 0. The molecule has 0 aliphatic rings. The Bertz CT molecular complexity index is 3220. The Kier molecular flexibility index (Phi) is 7.15. The second kappa shape index (κ2) is 12.5. The molecule has 5 aromatic heterocycles. The van der Waals surface area contributed by atoms with Gasteiger partial charge in [0.2, 0.25) is 0 Å². The first kappa shape index (κ1) is 30.9. The molecule has 5 nitrogen and oxygen atoms in total. The van der Waals surface area contributed by atoms with E-state index in [1.54, 1.807) is 29.0 Å². The molecule has 0 fully saturated rings. The molecule has 11 aromatic rings. The zero-order valence-electron chi connectivity index (χ0n) is 28.6. The van der Waals surface area contributed by atoms with Crippen LogP contribution in [0.3, 0.4) is 0 Å². The van der Waals surface area contributed by atoms with E-state index >= 15 is 0 Å². The molecule has 0 unspecified atom stereocenters. The van der Waals surface area contributed by atoms with Crippen LogP contribution in [0.1, 0.15) is 0 Å². The Morgan fingerprint density at radius 2 is 1.06 bits per heavy atom. The minimum absolute atomic E-state index is 0.703. The molecular formula is C47H27N5S2. The molecule has 0 spiro atoms. The van der Waals surface area contributed by atoms with Crippen LogP contribution in [0.5, 0.6) is 0 Å². The van der Waals surface area contributed by atoms with E-state index in [2.05, 4.69) is 140 Å². The summed E-state index contributed by atoms with van der Waals surface area (Å²) in [5.41, 5.74) is 12.4.